The number of carbonyl (C=O) groups is 1. The normalized spacial score (nSPS) is 26.7. The first kappa shape index (κ1) is 12.3. The van der Waals surface area contributed by atoms with Crippen LogP contribution in [0.2, 0.25) is 0 Å². The first-order valence-corrected chi connectivity index (χ1v) is 6.79. The lowest BCUT2D eigenvalue weighted by molar-refractivity contribution is -0.139. The summed E-state index contributed by atoms with van der Waals surface area (Å²) in [4.78, 5) is 13.7. The Morgan fingerprint density at radius 1 is 1.47 bits per heavy atom. The number of nitrogens with one attached hydrogen (secondary N) is 1. The van der Waals surface area contributed by atoms with Gasteiger partial charge >= 0.3 is 5.97 Å². The molecule has 2 aliphatic rings. The van der Waals surface area contributed by atoms with Gasteiger partial charge in [0, 0.05) is 31.7 Å². The van der Waals surface area contributed by atoms with Crippen LogP contribution in [0.1, 0.15) is 19.3 Å². The summed E-state index contributed by atoms with van der Waals surface area (Å²) in [5.74, 6) is 0.796. The lowest BCUT2D eigenvalue weighted by Gasteiger charge is -2.26. The van der Waals surface area contributed by atoms with Crippen LogP contribution in [-0.2, 0) is 9.53 Å². The fraction of sp³-hybridized carbons (Fsp3) is 0.615. The zero-order chi connectivity index (χ0) is 13.1. The minimum atomic E-state index is -0.135. The van der Waals surface area contributed by atoms with Crippen LogP contribution in [0.15, 0.2) is 18.3 Å². The molecule has 6 nitrogen and oxygen atoms in total. The zero-order valence-corrected chi connectivity index (χ0v) is 10.8. The molecule has 19 heavy (non-hydrogen) atoms. The summed E-state index contributed by atoms with van der Waals surface area (Å²) in [5.41, 5.74) is 0. The average Bonchev–Trinajstić information content (AvgIpc) is 3.06. The smallest absolute Gasteiger partial charge is 0.323 e. The van der Waals surface area contributed by atoms with Gasteiger partial charge in [-0.2, -0.15) is 5.10 Å². The molecule has 0 amide bonds. The van der Waals surface area contributed by atoms with E-state index in [0.29, 0.717) is 12.6 Å². The summed E-state index contributed by atoms with van der Waals surface area (Å²) in [6, 6.07) is 4.13. The van der Waals surface area contributed by atoms with Crippen molar-refractivity contribution in [1.29, 1.82) is 0 Å². The van der Waals surface area contributed by atoms with Gasteiger partial charge in [-0.1, -0.05) is 0 Å². The van der Waals surface area contributed by atoms with E-state index in [-0.39, 0.29) is 12.0 Å². The summed E-state index contributed by atoms with van der Waals surface area (Å²) in [6.45, 7) is 2.32. The van der Waals surface area contributed by atoms with Crippen LogP contribution in [0.5, 0.6) is 0 Å². The Hall–Kier alpha value is -1.69. The average molecular weight is 262 g/mol. The molecule has 0 spiro atoms. The first-order valence-electron chi connectivity index (χ1n) is 6.79. The summed E-state index contributed by atoms with van der Waals surface area (Å²) in [6.07, 6.45) is 4.72. The van der Waals surface area contributed by atoms with Gasteiger partial charge in [-0.25, -0.2) is 0 Å². The van der Waals surface area contributed by atoms with E-state index < -0.39 is 0 Å². The fourth-order valence-electron chi connectivity index (χ4n) is 2.76. The number of aromatic nitrogens is 2. The second-order valence-electron chi connectivity index (χ2n) is 4.99. The van der Waals surface area contributed by atoms with E-state index in [1.807, 2.05) is 12.1 Å². The van der Waals surface area contributed by atoms with E-state index in [4.69, 9.17) is 4.74 Å². The molecule has 6 heteroatoms. The van der Waals surface area contributed by atoms with Crippen molar-refractivity contribution < 1.29 is 9.53 Å². The maximum atomic E-state index is 11.4. The Labute approximate surface area is 112 Å². The number of carbonyl (C=O) groups excluding carboxylic acids is 1. The highest BCUT2D eigenvalue weighted by Gasteiger charge is 2.30. The maximum absolute atomic E-state index is 11.4. The third-order valence-corrected chi connectivity index (χ3v) is 3.76. The van der Waals surface area contributed by atoms with Gasteiger partial charge in [0.1, 0.15) is 6.04 Å². The SMILES string of the molecule is O=C1OCC[C@H]1NC[C@H]1CCCN1c1cccnn1. The van der Waals surface area contributed by atoms with Gasteiger partial charge in [0.25, 0.3) is 0 Å². The number of cyclic esters (lactones) is 1. The third-order valence-electron chi connectivity index (χ3n) is 3.76. The molecule has 1 N–H and O–H groups in total. The molecule has 2 saturated heterocycles. The van der Waals surface area contributed by atoms with Crippen molar-refractivity contribution in [3.63, 3.8) is 0 Å². The van der Waals surface area contributed by atoms with Crippen molar-refractivity contribution in [1.82, 2.24) is 15.5 Å². The quantitative estimate of drug-likeness (QED) is 0.790. The maximum Gasteiger partial charge on any atom is 0.323 e. The Morgan fingerprint density at radius 3 is 3.16 bits per heavy atom. The predicted octanol–water partition coefficient (Wildman–Crippen LogP) is 0.350. The van der Waals surface area contributed by atoms with Crippen molar-refractivity contribution in [3.8, 4) is 0 Å². The standard InChI is InChI=1S/C13H18N4O2/c18-13-11(5-8-19-13)14-9-10-3-2-7-17(10)12-4-1-6-15-16-12/h1,4,6,10-11,14H,2-3,5,7-9H2/t10-,11-/m1/s1. The molecule has 0 saturated carbocycles. The second-order valence-corrected chi connectivity index (χ2v) is 4.99. The number of esters is 1. The number of anilines is 1. The molecule has 1 aromatic heterocycles. The summed E-state index contributed by atoms with van der Waals surface area (Å²) < 4.78 is 4.95. The second kappa shape index (κ2) is 5.52. The summed E-state index contributed by atoms with van der Waals surface area (Å²) in [5, 5.41) is 11.4. The van der Waals surface area contributed by atoms with Gasteiger partial charge in [0.05, 0.1) is 6.61 Å². The molecule has 0 radical (unpaired) electrons. The van der Waals surface area contributed by atoms with Crippen LogP contribution in [0.4, 0.5) is 5.82 Å². The fourth-order valence-corrected chi connectivity index (χ4v) is 2.76. The van der Waals surface area contributed by atoms with Crippen LogP contribution >= 0.6 is 0 Å². The number of rotatable bonds is 4. The van der Waals surface area contributed by atoms with Gasteiger partial charge in [0.15, 0.2) is 5.82 Å². The van der Waals surface area contributed by atoms with E-state index >= 15 is 0 Å². The highest BCUT2D eigenvalue weighted by molar-refractivity contribution is 5.77. The topological polar surface area (TPSA) is 67.3 Å². The van der Waals surface area contributed by atoms with Gasteiger partial charge < -0.3 is 15.0 Å². The largest absolute Gasteiger partial charge is 0.464 e. The van der Waals surface area contributed by atoms with E-state index in [9.17, 15) is 4.79 Å². The number of ether oxygens (including phenoxy) is 1. The number of hydrogen-bond donors (Lipinski definition) is 1. The van der Waals surface area contributed by atoms with Crippen molar-refractivity contribution in [2.75, 3.05) is 24.6 Å². The highest BCUT2D eigenvalue weighted by Crippen LogP contribution is 2.22. The molecule has 0 aromatic carbocycles. The lowest BCUT2D eigenvalue weighted by atomic mass is 10.2. The van der Waals surface area contributed by atoms with Crippen LogP contribution in [0.3, 0.4) is 0 Å². The van der Waals surface area contributed by atoms with E-state index in [1.54, 1.807) is 6.20 Å². The van der Waals surface area contributed by atoms with E-state index in [1.165, 1.54) is 0 Å². The Bertz CT molecular complexity index is 440. The summed E-state index contributed by atoms with van der Waals surface area (Å²) in [7, 11) is 0. The van der Waals surface area contributed by atoms with Crippen molar-refractivity contribution >= 4 is 11.8 Å². The molecule has 3 rings (SSSR count). The third kappa shape index (κ3) is 2.68. The van der Waals surface area contributed by atoms with Crippen LogP contribution in [0, 0.1) is 0 Å². The number of hydrogen-bond acceptors (Lipinski definition) is 6. The predicted molar refractivity (Wildman–Crippen MR) is 69.8 cm³/mol. The molecular formula is C13H18N4O2. The van der Waals surface area contributed by atoms with Crippen molar-refractivity contribution in [2.24, 2.45) is 0 Å². The zero-order valence-electron chi connectivity index (χ0n) is 10.8. The lowest BCUT2D eigenvalue weighted by Crippen LogP contribution is -2.43. The molecule has 2 atom stereocenters. The Morgan fingerprint density at radius 2 is 2.42 bits per heavy atom. The summed E-state index contributed by atoms with van der Waals surface area (Å²) >= 11 is 0. The van der Waals surface area contributed by atoms with E-state index in [2.05, 4.69) is 20.4 Å². The van der Waals surface area contributed by atoms with Gasteiger partial charge in [-0.3, -0.25) is 4.79 Å². The molecular weight excluding hydrogens is 244 g/mol. The molecule has 0 bridgehead atoms. The Balaban J connectivity index is 1.59. The Kier molecular flexibility index (Phi) is 3.59. The molecule has 0 aliphatic carbocycles. The molecule has 0 unspecified atom stereocenters. The molecule has 2 aliphatic heterocycles. The van der Waals surface area contributed by atoms with Crippen LogP contribution in [-0.4, -0.2) is 47.9 Å². The number of nitrogens with zero attached hydrogens (tertiary/aromatic N) is 3. The first-order chi connectivity index (χ1) is 9.34. The monoisotopic (exact) mass is 262 g/mol. The van der Waals surface area contributed by atoms with Crippen molar-refractivity contribution in [2.45, 2.75) is 31.3 Å². The van der Waals surface area contributed by atoms with Crippen molar-refractivity contribution in [3.05, 3.63) is 18.3 Å². The van der Waals surface area contributed by atoms with E-state index in [0.717, 1.165) is 38.2 Å². The minimum absolute atomic E-state index is 0.121. The van der Waals surface area contributed by atoms with Gasteiger partial charge in [-0.05, 0) is 25.0 Å². The molecule has 2 fully saturated rings. The van der Waals surface area contributed by atoms with Crippen LogP contribution in [0.25, 0.3) is 0 Å². The molecule has 1 aromatic rings. The minimum Gasteiger partial charge on any atom is -0.464 e. The van der Waals surface area contributed by atoms with Gasteiger partial charge in [-0.15, -0.1) is 5.10 Å². The highest BCUT2D eigenvalue weighted by atomic mass is 16.5. The molecule has 102 valence electrons. The molecule has 3 heterocycles. The van der Waals surface area contributed by atoms with Gasteiger partial charge in [0.2, 0.25) is 0 Å². The van der Waals surface area contributed by atoms with Crippen LogP contribution < -0.4 is 10.2 Å².